The van der Waals surface area contributed by atoms with Crippen molar-refractivity contribution in [3.63, 3.8) is 0 Å². The van der Waals surface area contributed by atoms with Crippen LogP contribution in [0.3, 0.4) is 0 Å². The Morgan fingerprint density at radius 2 is 1.92 bits per heavy atom. The van der Waals surface area contributed by atoms with E-state index in [1.165, 1.54) is 19.8 Å². The summed E-state index contributed by atoms with van der Waals surface area (Å²) in [7, 11) is 0. The maximum absolute atomic E-state index is 10.4. The first-order valence-corrected chi connectivity index (χ1v) is 5.34. The largest absolute Gasteiger partial charge is 0.466 e. The van der Waals surface area contributed by atoms with Gasteiger partial charge in [0.1, 0.15) is 0 Å². The number of hydrogen-bond acceptors (Lipinski definition) is 2. The molecule has 0 aromatic carbocycles. The van der Waals surface area contributed by atoms with E-state index >= 15 is 0 Å². The summed E-state index contributed by atoms with van der Waals surface area (Å²) < 4.78 is 4.80. The molecule has 0 saturated carbocycles. The van der Waals surface area contributed by atoms with Gasteiger partial charge in [0.25, 0.3) is 0 Å². The van der Waals surface area contributed by atoms with Crippen LogP contribution in [0.4, 0.5) is 0 Å². The molecule has 0 aliphatic rings. The van der Waals surface area contributed by atoms with Crippen molar-refractivity contribution in [2.24, 2.45) is 0 Å². The molecule has 13 heavy (non-hydrogen) atoms. The van der Waals surface area contributed by atoms with Crippen molar-refractivity contribution < 1.29 is 9.53 Å². The van der Waals surface area contributed by atoms with Gasteiger partial charge in [0.2, 0.25) is 0 Å². The van der Waals surface area contributed by atoms with Gasteiger partial charge in [-0.1, -0.05) is 19.3 Å². The Hall–Kier alpha value is -0.240. The molecule has 1 atom stereocenters. The number of carbonyl (C=O) groups is 1. The summed E-state index contributed by atoms with van der Waals surface area (Å²) >= 11 is 5.79. The fourth-order valence-corrected chi connectivity index (χ4v) is 1.25. The van der Waals surface area contributed by atoms with Gasteiger partial charge in [-0.25, -0.2) is 0 Å². The zero-order valence-corrected chi connectivity index (χ0v) is 9.27. The van der Waals surface area contributed by atoms with E-state index in [0.717, 1.165) is 19.3 Å². The highest BCUT2D eigenvalue weighted by molar-refractivity contribution is 6.20. The first-order valence-electron chi connectivity index (χ1n) is 4.90. The van der Waals surface area contributed by atoms with Gasteiger partial charge < -0.3 is 4.74 Å². The van der Waals surface area contributed by atoms with Crippen LogP contribution in [0.1, 0.15) is 46.0 Å². The molecular weight excluding hydrogens is 188 g/mol. The van der Waals surface area contributed by atoms with Crippen molar-refractivity contribution in [3.8, 4) is 0 Å². The van der Waals surface area contributed by atoms with Gasteiger partial charge in [0.15, 0.2) is 0 Å². The second-order valence-corrected chi connectivity index (χ2v) is 4.07. The van der Waals surface area contributed by atoms with Crippen molar-refractivity contribution in [1.29, 1.82) is 0 Å². The molecule has 1 unspecified atom stereocenters. The third-order valence-electron chi connectivity index (χ3n) is 1.80. The minimum atomic E-state index is -0.186. The fourth-order valence-electron chi connectivity index (χ4n) is 1.10. The highest BCUT2D eigenvalue weighted by Crippen LogP contribution is 2.09. The molecule has 0 aliphatic carbocycles. The number of hydrogen-bond donors (Lipinski definition) is 0. The molecule has 0 N–H and O–H groups in total. The summed E-state index contributed by atoms with van der Waals surface area (Å²) in [5, 5.41) is 0.286. The lowest BCUT2D eigenvalue weighted by atomic mass is 10.1. The summed E-state index contributed by atoms with van der Waals surface area (Å²) in [6.45, 7) is 4.02. The van der Waals surface area contributed by atoms with Crippen LogP contribution in [0.5, 0.6) is 0 Å². The van der Waals surface area contributed by atoms with Gasteiger partial charge in [-0.2, -0.15) is 0 Å². The third-order valence-corrected chi connectivity index (χ3v) is 2.02. The van der Waals surface area contributed by atoms with Crippen molar-refractivity contribution >= 4 is 17.6 Å². The molecule has 0 bridgehead atoms. The zero-order valence-electron chi connectivity index (χ0n) is 8.51. The van der Waals surface area contributed by atoms with E-state index < -0.39 is 0 Å². The average molecular weight is 207 g/mol. The van der Waals surface area contributed by atoms with E-state index in [2.05, 4.69) is 0 Å². The van der Waals surface area contributed by atoms with Gasteiger partial charge in [-0.3, -0.25) is 4.79 Å². The standard InChI is InChI=1S/C10H19ClO2/c1-9(11)7-5-3-4-6-8-13-10(2)12/h9H,3-8H2,1-2H3. The lowest BCUT2D eigenvalue weighted by Gasteiger charge is -2.03. The molecule has 0 spiro atoms. The zero-order chi connectivity index (χ0) is 10.1. The van der Waals surface area contributed by atoms with E-state index in [-0.39, 0.29) is 11.3 Å². The topological polar surface area (TPSA) is 26.3 Å². The molecular formula is C10H19ClO2. The molecule has 78 valence electrons. The van der Waals surface area contributed by atoms with Crippen LogP contribution in [0.2, 0.25) is 0 Å². The Morgan fingerprint density at radius 3 is 2.46 bits per heavy atom. The van der Waals surface area contributed by atoms with Crippen molar-refractivity contribution in [2.45, 2.75) is 51.3 Å². The molecule has 0 aromatic rings. The summed E-state index contributed by atoms with van der Waals surface area (Å²) in [5.41, 5.74) is 0. The van der Waals surface area contributed by atoms with E-state index in [1.807, 2.05) is 6.92 Å². The molecule has 0 aliphatic heterocycles. The molecule has 0 amide bonds. The monoisotopic (exact) mass is 206 g/mol. The Labute approximate surface area is 85.6 Å². The number of alkyl halides is 1. The Morgan fingerprint density at radius 1 is 1.31 bits per heavy atom. The Bertz CT molecular complexity index is 135. The number of carbonyl (C=O) groups excluding carboxylic acids is 1. The first-order chi connectivity index (χ1) is 6.13. The van der Waals surface area contributed by atoms with Crippen molar-refractivity contribution in [1.82, 2.24) is 0 Å². The maximum Gasteiger partial charge on any atom is 0.302 e. The highest BCUT2D eigenvalue weighted by Gasteiger charge is 1.96. The SMILES string of the molecule is CC(=O)OCCCCCCC(C)Cl. The molecule has 0 aromatic heterocycles. The molecule has 0 saturated heterocycles. The van der Waals surface area contributed by atoms with Gasteiger partial charge >= 0.3 is 5.97 Å². The molecule has 0 radical (unpaired) electrons. The second-order valence-electron chi connectivity index (χ2n) is 3.32. The number of unbranched alkanes of at least 4 members (excludes halogenated alkanes) is 3. The van der Waals surface area contributed by atoms with Crippen LogP contribution in [-0.2, 0) is 9.53 Å². The number of esters is 1. The molecule has 0 fully saturated rings. The lowest BCUT2D eigenvalue weighted by Crippen LogP contribution is -2.00. The van der Waals surface area contributed by atoms with Crippen LogP contribution in [0, 0.1) is 0 Å². The van der Waals surface area contributed by atoms with Crippen LogP contribution in [-0.4, -0.2) is 18.0 Å². The van der Waals surface area contributed by atoms with Gasteiger partial charge in [-0.05, 0) is 19.8 Å². The van der Waals surface area contributed by atoms with Gasteiger partial charge in [0, 0.05) is 12.3 Å². The summed E-state index contributed by atoms with van der Waals surface area (Å²) in [4.78, 5) is 10.4. The predicted octanol–water partition coefficient (Wildman–Crippen LogP) is 3.13. The number of halogens is 1. The highest BCUT2D eigenvalue weighted by atomic mass is 35.5. The van der Waals surface area contributed by atoms with E-state index in [9.17, 15) is 4.79 Å². The molecule has 0 rings (SSSR count). The number of rotatable bonds is 7. The first kappa shape index (κ1) is 12.8. The van der Waals surface area contributed by atoms with E-state index in [1.54, 1.807) is 0 Å². The predicted molar refractivity (Wildman–Crippen MR) is 55.0 cm³/mol. The summed E-state index contributed by atoms with van der Waals surface area (Å²) in [6, 6.07) is 0. The maximum atomic E-state index is 10.4. The summed E-state index contributed by atoms with van der Waals surface area (Å²) in [5.74, 6) is -0.186. The Balaban J connectivity index is 2.96. The minimum Gasteiger partial charge on any atom is -0.466 e. The second kappa shape index (κ2) is 8.36. The van der Waals surface area contributed by atoms with Crippen LogP contribution in [0.25, 0.3) is 0 Å². The third kappa shape index (κ3) is 11.8. The van der Waals surface area contributed by atoms with E-state index in [0.29, 0.717) is 6.61 Å². The molecule has 3 heteroatoms. The average Bonchev–Trinajstić information content (AvgIpc) is 2.01. The van der Waals surface area contributed by atoms with Crippen LogP contribution < -0.4 is 0 Å². The van der Waals surface area contributed by atoms with Gasteiger partial charge in [-0.15, -0.1) is 11.6 Å². The van der Waals surface area contributed by atoms with Crippen molar-refractivity contribution in [2.75, 3.05) is 6.61 Å². The normalized spacial score (nSPS) is 12.5. The lowest BCUT2D eigenvalue weighted by molar-refractivity contribution is -0.141. The Kier molecular flexibility index (Phi) is 8.21. The summed E-state index contributed by atoms with van der Waals surface area (Å²) in [6.07, 6.45) is 5.52. The molecule has 2 nitrogen and oxygen atoms in total. The quantitative estimate of drug-likeness (QED) is 0.364. The van der Waals surface area contributed by atoms with E-state index in [4.69, 9.17) is 16.3 Å². The van der Waals surface area contributed by atoms with Crippen LogP contribution >= 0.6 is 11.6 Å². The smallest absolute Gasteiger partial charge is 0.302 e. The fraction of sp³-hybridized carbons (Fsp3) is 0.900. The molecule has 0 heterocycles. The van der Waals surface area contributed by atoms with Gasteiger partial charge in [0.05, 0.1) is 6.61 Å². The minimum absolute atomic E-state index is 0.186. The number of ether oxygens (including phenoxy) is 1. The van der Waals surface area contributed by atoms with Crippen LogP contribution in [0.15, 0.2) is 0 Å². The van der Waals surface area contributed by atoms with Crippen molar-refractivity contribution in [3.05, 3.63) is 0 Å².